The van der Waals surface area contributed by atoms with Gasteiger partial charge in [-0.05, 0) is 36.4 Å². The highest BCUT2D eigenvalue weighted by Gasteiger charge is 2.16. The van der Waals surface area contributed by atoms with Gasteiger partial charge in [-0.2, -0.15) is 5.26 Å². The number of anilines is 3. The SMILES string of the molecule is COc1ncc(-c2ccc3ncc(C#N)c(Nc4ccc(F)c(Cl)c4)c3n2)cc1NS(C)(=O)=O. The molecule has 0 saturated carbocycles. The van der Waals surface area contributed by atoms with Crippen LogP contribution in [0.1, 0.15) is 5.56 Å². The molecule has 0 unspecified atom stereocenters. The molecule has 4 aromatic rings. The van der Waals surface area contributed by atoms with Crippen molar-refractivity contribution < 1.29 is 17.5 Å². The highest BCUT2D eigenvalue weighted by atomic mass is 35.5. The Labute approximate surface area is 199 Å². The van der Waals surface area contributed by atoms with E-state index in [0.29, 0.717) is 33.7 Å². The molecule has 1 aromatic carbocycles. The zero-order valence-electron chi connectivity index (χ0n) is 17.8. The Kier molecular flexibility index (Phi) is 6.19. The normalized spacial score (nSPS) is 11.1. The summed E-state index contributed by atoms with van der Waals surface area (Å²) in [6.45, 7) is 0. The summed E-state index contributed by atoms with van der Waals surface area (Å²) in [5.74, 6) is -0.475. The highest BCUT2D eigenvalue weighted by molar-refractivity contribution is 7.92. The van der Waals surface area contributed by atoms with E-state index in [1.54, 1.807) is 12.1 Å². The van der Waals surface area contributed by atoms with E-state index >= 15 is 0 Å². The minimum atomic E-state index is -3.58. The molecule has 0 amide bonds. The van der Waals surface area contributed by atoms with Crippen LogP contribution >= 0.6 is 11.6 Å². The molecule has 0 spiro atoms. The van der Waals surface area contributed by atoms with E-state index in [9.17, 15) is 18.1 Å². The number of halogens is 2. The zero-order chi connectivity index (χ0) is 24.5. The number of ether oxygens (including phenoxy) is 1. The molecule has 0 aliphatic carbocycles. The number of hydrogen-bond donors (Lipinski definition) is 2. The molecule has 0 radical (unpaired) electrons. The van der Waals surface area contributed by atoms with Gasteiger partial charge in [0, 0.05) is 23.6 Å². The van der Waals surface area contributed by atoms with Crippen molar-refractivity contribution in [3.8, 4) is 23.2 Å². The third-order valence-corrected chi connectivity index (χ3v) is 5.54. The van der Waals surface area contributed by atoms with Gasteiger partial charge in [-0.25, -0.2) is 22.8 Å². The molecule has 0 atom stereocenters. The molecule has 0 saturated heterocycles. The maximum atomic E-state index is 13.6. The second-order valence-corrected chi connectivity index (χ2v) is 9.29. The summed E-state index contributed by atoms with van der Waals surface area (Å²) in [5.41, 5.74) is 2.96. The first-order valence-corrected chi connectivity index (χ1v) is 11.9. The molecule has 0 bridgehead atoms. The molecule has 172 valence electrons. The third kappa shape index (κ3) is 4.83. The Morgan fingerprint density at radius 2 is 1.94 bits per heavy atom. The summed E-state index contributed by atoms with van der Waals surface area (Å²) < 4.78 is 44.5. The van der Waals surface area contributed by atoms with Gasteiger partial charge in [0.05, 0.1) is 40.8 Å². The van der Waals surface area contributed by atoms with E-state index < -0.39 is 15.8 Å². The van der Waals surface area contributed by atoms with Gasteiger partial charge < -0.3 is 10.1 Å². The zero-order valence-corrected chi connectivity index (χ0v) is 19.4. The highest BCUT2D eigenvalue weighted by Crippen LogP contribution is 2.33. The number of nitriles is 1. The van der Waals surface area contributed by atoms with Crippen molar-refractivity contribution in [2.45, 2.75) is 0 Å². The summed E-state index contributed by atoms with van der Waals surface area (Å²) in [5, 5.41) is 12.6. The lowest BCUT2D eigenvalue weighted by Gasteiger charge is -2.13. The van der Waals surface area contributed by atoms with Crippen molar-refractivity contribution in [3.63, 3.8) is 0 Å². The van der Waals surface area contributed by atoms with E-state index in [0.717, 1.165) is 6.26 Å². The first kappa shape index (κ1) is 23.2. The van der Waals surface area contributed by atoms with Crippen molar-refractivity contribution in [2.75, 3.05) is 23.4 Å². The molecule has 12 heteroatoms. The van der Waals surface area contributed by atoms with Crippen LogP contribution in [0.3, 0.4) is 0 Å². The number of fused-ring (bicyclic) bond motifs is 1. The second-order valence-electron chi connectivity index (χ2n) is 7.13. The summed E-state index contributed by atoms with van der Waals surface area (Å²) in [6.07, 6.45) is 3.90. The fourth-order valence-electron chi connectivity index (χ4n) is 3.18. The van der Waals surface area contributed by atoms with Crippen LogP contribution in [0.4, 0.5) is 21.5 Å². The molecule has 9 nitrogen and oxygen atoms in total. The Morgan fingerprint density at radius 1 is 1.15 bits per heavy atom. The number of hydrogen-bond acceptors (Lipinski definition) is 8. The number of nitrogens with one attached hydrogen (secondary N) is 2. The summed E-state index contributed by atoms with van der Waals surface area (Å²) in [7, 11) is -2.21. The maximum Gasteiger partial charge on any atom is 0.238 e. The van der Waals surface area contributed by atoms with Gasteiger partial charge in [-0.1, -0.05) is 11.6 Å². The van der Waals surface area contributed by atoms with Crippen molar-refractivity contribution in [1.82, 2.24) is 15.0 Å². The lowest BCUT2D eigenvalue weighted by atomic mass is 10.1. The van der Waals surface area contributed by atoms with Crippen molar-refractivity contribution in [3.05, 3.63) is 65.2 Å². The molecule has 34 heavy (non-hydrogen) atoms. The van der Waals surface area contributed by atoms with Crippen molar-refractivity contribution in [2.24, 2.45) is 0 Å². The van der Waals surface area contributed by atoms with Crippen molar-refractivity contribution >= 4 is 49.7 Å². The largest absolute Gasteiger partial charge is 0.480 e. The van der Waals surface area contributed by atoms with Crippen LogP contribution in [0.25, 0.3) is 22.3 Å². The quantitative estimate of drug-likeness (QED) is 0.398. The average molecular weight is 499 g/mol. The van der Waals surface area contributed by atoms with Crippen LogP contribution in [0.15, 0.2) is 48.8 Å². The number of nitrogens with zero attached hydrogens (tertiary/aromatic N) is 4. The predicted octanol–water partition coefficient (Wildman–Crippen LogP) is 4.48. The second kappa shape index (κ2) is 9.09. The fraction of sp³-hybridized carbons (Fsp3) is 0.0909. The number of aromatic nitrogens is 3. The van der Waals surface area contributed by atoms with Gasteiger partial charge >= 0.3 is 0 Å². The van der Waals surface area contributed by atoms with Gasteiger partial charge in [0.1, 0.15) is 23.1 Å². The topological polar surface area (TPSA) is 130 Å². The summed E-state index contributed by atoms with van der Waals surface area (Å²) in [4.78, 5) is 13.1. The first-order valence-electron chi connectivity index (χ1n) is 9.62. The lowest BCUT2D eigenvalue weighted by molar-refractivity contribution is 0.400. The first-order chi connectivity index (χ1) is 16.2. The number of benzene rings is 1. The number of pyridine rings is 3. The van der Waals surface area contributed by atoms with E-state index in [2.05, 4.69) is 31.1 Å². The van der Waals surface area contributed by atoms with Gasteiger partial charge in [0.2, 0.25) is 15.9 Å². The fourth-order valence-corrected chi connectivity index (χ4v) is 3.91. The van der Waals surface area contributed by atoms with Crippen LogP contribution in [-0.4, -0.2) is 36.7 Å². The number of sulfonamides is 1. The molecule has 3 heterocycles. The van der Waals surface area contributed by atoms with Gasteiger partial charge in [0.15, 0.2) is 0 Å². The smallest absolute Gasteiger partial charge is 0.238 e. The third-order valence-electron chi connectivity index (χ3n) is 4.66. The number of rotatable bonds is 6. The van der Waals surface area contributed by atoms with E-state index in [-0.39, 0.29) is 22.2 Å². The van der Waals surface area contributed by atoms with Crippen molar-refractivity contribution in [1.29, 1.82) is 5.26 Å². The summed E-state index contributed by atoms with van der Waals surface area (Å²) >= 11 is 5.89. The Morgan fingerprint density at radius 3 is 2.62 bits per heavy atom. The average Bonchev–Trinajstić information content (AvgIpc) is 2.80. The maximum absolute atomic E-state index is 13.6. The molecule has 0 fully saturated rings. The van der Waals surface area contributed by atoms with Crippen LogP contribution in [0.5, 0.6) is 5.88 Å². The molecule has 0 aliphatic rings. The van der Waals surface area contributed by atoms with Crippen LogP contribution in [0.2, 0.25) is 5.02 Å². The monoisotopic (exact) mass is 498 g/mol. The predicted molar refractivity (Wildman–Crippen MR) is 127 cm³/mol. The van der Waals surface area contributed by atoms with Gasteiger partial charge in [-0.3, -0.25) is 9.71 Å². The number of methoxy groups -OCH3 is 1. The molecule has 3 aromatic heterocycles. The van der Waals surface area contributed by atoms with Gasteiger partial charge in [0.25, 0.3) is 0 Å². The standard InChI is InChI=1S/C22H16ClFN6O3S/c1-33-22-19(30-34(2,31)32)7-12(10-27-22)17-5-6-18-21(29-17)20(13(9-25)11-26-18)28-14-3-4-16(24)15(23)8-14/h3-8,10-11,30H,1-2H3,(H,26,28). The summed E-state index contributed by atoms with van der Waals surface area (Å²) in [6, 6.07) is 11.1. The molecule has 4 rings (SSSR count). The van der Waals surface area contributed by atoms with E-state index in [1.807, 2.05) is 0 Å². The van der Waals surface area contributed by atoms with Gasteiger partial charge in [-0.15, -0.1) is 0 Å². The van der Waals surface area contributed by atoms with E-state index in [1.165, 1.54) is 43.8 Å². The van der Waals surface area contributed by atoms with Crippen LogP contribution < -0.4 is 14.8 Å². The van der Waals surface area contributed by atoms with Crippen LogP contribution in [-0.2, 0) is 10.0 Å². The molecular weight excluding hydrogens is 483 g/mol. The van der Waals surface area contributed by atoms with Crippen LogP contribution in [0, 0.1) is 17.1 Å². The Balaban J connectivity index is 1.85. The minimum absolute atomic E-state index is 0.0780. The molecule has 0 aliphatic heterocycles. The minimum Gasteiger partial charge on any atom is -0.480 e. The molecular formula is C22H16ClFN6O3S. The van der Waals surface area contributed by atoms with E-state index in [4.69, 9.17) is 16.3 Å². The Hall–Kier alpha value is -4.01. The Bertz CT molecular complexity index is 1570. The molecule has 2 N–H and O–H groups in total. The lowest BCUT2D eigenvalue weighted by Crippen LogP contribution is -2.11.